The summed E-state index contributed by atoms with van der Waals surface area (Å²) in [6.45, 7) is 8.03. The largest absolute Gasteiger partial charge is 0.486 e. The van der Waals surface area contributed by atoms with E-state index < -0.39 is 0 Å². The van der Waals surface area contributed by atoms with Crippen molar-refractivity contribution in [3.8, 4) is 5.75 Å². The number of nitrogens with one attached hydrogen (secondary N) is 1. The van der Waals surface area contributed by atoms with Crippen molar-refractivity contribution < 1.29 is 14.3 Å². The molecule has 0 spiro atoms. The normalized spacial score (nSPS) is 21.1. The Hall–Kier alpha value is -2.14. The van der Waals surface area contributed by atoms with Gasteiger partial charge >= 0.3 is 0 Å². The molecule has 3 atom stereocenters. The number of rotatable bonds is 6. The summed E-state index contributed by atoms with van der Waals surface area (Å²) in [5, 5.41) is 2.74. The van der Waals surface area contributed by atoms with E-state index in [4.69, 9.17) is 10.5 Å². The minimum Gasteiger partial charge on any atom is -0.486 e. The molecule has 1 aromatic rings. The molecule has 25 heavy (non-hydrogen) atoms. The minimum atomic E-state index is -0.123. The van der Waals surface area contributed by atoms with E-state index in [1.54, 1.807) is 6.08 Å². The zero-order valence-electron chi connectivity index (χ0n) is 15.5. The fourth-order valence-electron chi connectivity index (χ4n) is 3.18. The summed E-state index contributed by atoms with van der Waals surface area (Å²) in [4.78, 5) is 22.4. The second-order valence-corrected chi connectivity index (χ2v) is 7.05. The van der Waals surface area contributed by atoms with Crippen molar-refractivity contribution in [2.24, 2.45) is 11.7 Å². The van der Waals surface area contributed by atoms with Crippen LogP contribution < -0.4 is 15.8 Å². The molecular weight excluding hydrogens is 316 g/mol. The molecule has 0 saturated carbocycles. The topological polar surface area (TPSA) is 81.4 Å². The lowest BCUT2D eigenvalue weighted by atomic mass is 9.92. The first kappa shape index (κ1) is 19.2. The van der Waals surface area contributed by atoms with Crippen molar-refractivity contribution in [3.05, 3.63) is 41.0 Å². The smallest absolute Gasteiger partial charge is 0.216 e. The third-order valence-electron chi connectivity index (χ3n) is 4.44. The van der Waals surface area contributed by atoms with E-state index in [2.05, 4.69) is 17.4 Å². The Bertz CT molecular complexity index is 659. The number of ketones is 1. The highest BCUT2D eigenvalue weighted by atomic mass is 16.5. The van der Waals surface area contributed by atoms with Gasteiger partial charge in [-0.05, 0) is 49.1 Å². The number of ether oxygens (including phenoxy) is 1. The number of allylic oxidation sites excluding steroid dienone is 1. The van der Waals surface area contributed by atoms with Gasteiger partial charge in [-0.2, -0.15) is 0 Å². The van der Waals surface area contributed by atoms with Gasteiger partial charge in [0.25, 0.3) is 0 Å². The lowest BCUT2D eigenvalue weighted by Gasteiger charge is -2.26. The van der Waals surface area contributed by atoms with Gasteiger partial charge in [0.05, 0.1) is 0 Å². The molecule has 3 N–H and O–H groups in total. The lowest BCUT2D eigenvalue weighted by molar-refractivity contribution is -0.119. The molecule has 5 heteroatoms. The van der Waals surface area contributed by atoms with E-state index in [9.17, 15) is 9.59 Å². The van der Waals surface area contributed by atoms with Crippen LogP contribution in [-0.4, -0.2) is 30.4 Å². The Morgan fingerprint density at radius 2 is 2.00 bits per heavy atom. The van der Waals surface area contributed by atoms with Crippen LogP contribution in [0.1, 0.15) is 37.0 Å². The molecule has 0 aromatic heterocycles. The predicted molar refractivity (Wildman–Crippen MR) is 98.6 cm³/mol. The first-order valence-corrected chi connectivity index (χ1v) is 8.74. The molecule has 1 amide bonds. The van der Waals surface area contributed by atoms with Crippen LogP contribution in [0.3, 0.4) is 0 Å². The number of carbonyl (C=O) groups excluding carboxylic acids is 2. The Morgan fingerprint density at radius 1 is 1.36 bits per heavy atom. The molecule has 1 aliphatic carbocycles. The van der Waals surface area contributed by atoms with Gasteiger partial charge in [0, 0.05) is 31.8 Å². The molecular formula is C20H28N2O3. The fourth-order valence-corrected chi connectivity index (χ4v) is 3.18. The summed E-state index contributed by atoms with van der Waals surface area (Å²) in [6.07, 6.45) is 4.60. The highest BCUT2D eigenvalue weighted by Gasteiger charge is 2.24. The molecule has 0 heterocycles. The number of nitrogens with two attached hydrogens (primary N) is 1. The van der Waals surface area contributed by atoms with Crippen molar-refractivity contribution in [2.75, 3.05) is 6.54 Å². The minimum absolute atomic E-state index is 0.0697. The molecule has 0 saturated heterocycles. The third-order valence-corrected chi connectivity index (χ3v) is 4.44. The second kappa shape index (κ2) is 8.30. The average Bonchev–Trinajstić information content (AvgIpc) is 2.50. The summed E-state index contributed by atoms with van der Waals surface area (Å²) in [6, 6.07) is 4.04. The Kier molecular flexibility index (Phi) is 6.37. The highest BCUT2D eigenvalue weighted by molar-refractivity contribution is 5.90. The SMILES string of the molecule is CC(=O)NCC(N)Cc1cc(C)c(OC2C=CC(=O)CC2C)c(C)c1. The third kappa shape index (κ3) is 5.43. The van der Waals surface area contributed by atoms with Crippen LogP contribution in [0.4, 0.5) is 0 Å². The number of aryl methyl sites for hydroxylation is 2. The molecule has 0 aliphatic heterocycles. The standard InChI is InChI=1S/C20H28N2O3/c1-12-9-18(24)5-6-19(12)25-20-13(2)7-16(8-14(20)3)10-17(21)11-22-15(4)23/h5-8,12,17,19H,9-11,21H2,1-4H3,(H,22,23). The van der Waals surface area contributed by atoms with E-state index in [0.717, 1.165) is 22.4 Å². The van der Waals surface area contributed by atoms with Crippen molar-refractivity contribution >= 4 is 11.7 Å². The lowest BCUT2D eigenvalue weighted by Crippen LogP contribution is -2.37. The van der Waals surface area contributed by atoms with Crippen molar-refractivity contribution in [3.63, 3.8) is 0 Å². The number of carbonyl (C=O) groups is 2. The summed E-state index contributed by atoms with van der Waals surface area (Å²) in [5.74, 6) is 1.13. The molecule has 0 radical (unpaired) electrons. The van der Waals surface area contributed by atoms with Crippen molar-refractivity contribution in [1.29, 1.82) is 0 Å². The molecule has 0 fully saturated rings. The van der Waals surface area contributed by atoms with Crippen LogP contribution in [0, 0.1) is 19.8 Å². The first-order valence-electron chi connectivity index (χ1n) is 8.74. The molecule has 1 aliphatic rings. The maximum absolute atomic E-state index is 11.5. The number of amides is 1. The molecule has 1 aromatic carbocycles. The van der Waals surface area contributed by atoms with Crippen LogP contribution in [0.5, 0.6) is 5.75 Å². The Morgan fingerprint density at radius 3 is 2.56 bits per heavy atom. The highest BCUT2D eigenvalue weighted by Crippen LogP contribution is 2.29. The van der Waals surface area contributed by atoms with Gasteiger partial charge in [-0.15, -0.1) is 0 Å². The zero-order valence-corrected chi connectivity index (χ0v) is 15.5. The van der Waals surface area contributed by atoms with Gasteiger partial charge in [0.1, 0.15) is 11.9 Å². The second-order valence-electron chi connectivity index (χ2n) is 7.05. The van der Waals surface area contributed by atoms with Crippen LogP contribution in [0.2, 0.25) is 0 Å². The van der Waals surface area contributed by atoms with Gasteiger partial charge in [0.2, 0.25) is 5.91 Å². The maximum Gasteiger partial charge on any atom is 0.216 e. The first-order chi connectivity index (χ1) is 11.8. The molecule has 5 nitrogen and oxygen atoms in total. The molecule has 3 unspecified atom stereocenters. The average molecular weight is 344 g/mol. The van der Waals surface area contributed by atoms with Crippen LogP contribution >= 0.6 is 0 Å². The molecule has 136 valence electrons. The van der Waals surface area contributed by atoms with Crippen molar-refractivity contribution in [2.45, 2.75) is 52.7 Å². The van der Waals surface area contributed by atoms with Gasteiger partial charge in [0.15, 0.2) is 5.78 Å². The quantitative estimate of drug-likeness (QED) is 0.829. The Balaban J connectivity index is 2.08. The van der Waals surface area contributed by atoms with E-state index in [0.29, 0.717) is 19.4 Å². The number of hydrogen-bond donors (Lipinski definition) is 2. The monoisotopic (exact) mass is 344 g/mol. The van der Waals surface area contributed by atoms with E-state index in [1.807, 2.05) is 26.8 Å². The van der Waals surface area contributed by atoms with Crippen LogP contribution in [-0.2, 0) is 16.0 Å². The van der Waals surface area contributed by atoms with E-state index in [-0.39, 0.29) is 29.8 Å². The summed E-state index contributed by atoms with van der Waals surface area (Å²) >= 11 is 0. The Labute approximate surface area is 149 Å². The summed E-state index contributed by atoms with van der Waals surface area (Å²) < 4.78 is 6.19. The molecule has 2 rings (SSSR count). The summed E-state index contributed by atoms with van der Waals surface area (Å²) in [5.41, 5.74) is 9.32. The van der Waals surface area contributed by atoms with Gasteiger partial charge < -0.3 is 15.8 Å². The number of hydrogen-bond acceptors (Lipinski definition) is 4. The van der Waals surface area contributed by atoms with Crippen LogP contribution in [0.15, 0.2) is 24.3 Å². The maximum atomic E-state index is 11.5. The van der Waals surface area contributed by atoms with E-state index >= 15 is 0 Å². The van der Waals surface area contributed by atoms with Gasteiger partial charge in [-0.1, -0.05) is 19.1 Å². The predicted octanol–water partition coefficient (Wildman–Crippen LogP) is 2.22. The van der Waals surface area contributed by atoms with E-state index in [1.165, 1.54) is 6.92 Å². The molecule has 0 bridgehead atoms. The fraction of sp³-hybridized carbons (Fsp3) is 0.500. The van der Waals surface area contributed by atoms with Gasteiger partial charge in [-0.25, -0.2) is 0 Å². The zero-order chi connectivity index (χ0) is 18.6. The summed E-state index contributed by atoms with van der Waals surface area (Å²) in [7, 11) is 0. The van der Waals surface area contributed by atoms with Gasteiger partial charge in [-0.3, -0.25) is 9.59 Å². The van der Waals surface area contributed by atoms with Crippen molar-refractivity contribution in [1.82, 2.24) is 5.32 Å². The number of benzene rings is 1. The van der Waals surface area contributed by atoms with Crippen LogP contribution in [0.25, 0.3) is 0 Å².